The van der Waals surface area contributed by atoms with E-state index in [1.54, 1.807) is 10.6 Å². The number of fused-ring (bicyclic) bond motifs is 1. The highest BCUT2D eigenvalue weighted by Crippen LogP contribution is 2.03. The van der Waals surface area contributed by atoms with E-state index < -0.39 is 0 Å². The van der Waals surface area contributed by atoms with Crippen LogP contribution in [-0.4, -0.2) is 21.8 Å². The van der Waals surface area contributed by atoms with E-state index in [1.165, 1.54) is 0 Å². The number of terminal acetylenes is 1. The molecule has 0 atom stereocenters. The Labute approximate surface area is 86.9 Å². The number of pyridine rings is 1. The molecule has 0 aliphatic heterocycles. The Morgan fingerprint density at radius 3 is 3.20 bits per heavy atom. The van der Waals surface area contributed by atoms with E-state index in [9.17, 15) is 4.79 Å². The Morgan fingerprint density at radius 2 is 2.47 bits per heavy atom. The molecular weight excluding hydrogens is 190 g/mol. The summed E-state index contributed by atoms with van der Waals surface area (Å²) in [4.78, 5) is 15.6. The molecule has 2 aromatic heterocycles. The van der Waals surface area contributed by atoms with Gasteiger partial charge in [-0.15, -0.1) is 6.42 Å². The topological polar surface area (TPSA) is 46.4 Å². The highest BCUT2D eigenvalue weighted by molar-refractivity contribution is 5.92. The predicted molar refractivity (Wildman–Crippen MR) is 56.4 cm³/mol. The number of nitrogens with one attached hydrogen (secondary N) is 1. The normalized spacial score (nSPS) is 9.80. The largest absolute Gasteiger partial charge is 0.340 e. The zero-order chi connectivity index (χ0) is 10.7. The molecule has 1 N–H and O–H groups in total. The number of rotatable bonds is 2. The van der Waals surface area contributed by atoms with Gasteiger partial charge in [0.05, 0.1) is 6.54 Å². The summed E-state index contributed by atoms with van der Waals surface area (Å²) in [5.41, 5.74) is 1.11. The molecule has 15 heavy (non-hydrogen) atoms. The van der Waals surface area contributed by atoms with Crippen molar-refractivity contribution in [2.24, 2.45) is 0 Å². The zero-order valence-corrected chi connectivity index (χ0v) is 7.97. The van der Waals surface area contributed by atoms with E-state index in [0.29, 0.717) is 5.69 Å². The summed E-state index contributed by atoms with van der Waals surface area (Å²) in [5, 5.41) is 2.56. The number of imidazole rings is 1. The van der Waals surface area contributed by atoms with Crippen molar-refractivity contribution in [3.8, 4) is 12.3 Å². The van der Waals surface area contributed by atoms with Gasteiger partial charge in [-0.2, -0.15) is 0 Å². The van der Waals surface area contributed by atoms with Crippen LogP contribution >= 0.6 is 0 Å². The molecule has 74 valence electrons. The second-order valence-electron chi connectivity index (χ2n) is 2.98. The molecule has 0 fully saturated rings. The van der Waals surface area contributed by atoms with Crippen LogP contribution in [0.3, 0.4) is 0 Å². The van der Waals surface area contributed by atoms with Gasteiger partial charge in [-0.1, -0.05) is 12.0 Å². The van der Waals surface area contributed by atoms with Crippen molar-refractivity contribution in [1.82, 2.24) is 14.7 Å². The maximum atomic E-state index is 11.5. The third kappa shape index (κ3) is 1.81. The summed E-state index contributed by atoms with van der Waals surface area (Å²) in [6.45, 7) is 0.215. The van der Waals surface area contributed by atoms with Gasteiger partial charge in [0.1, 0.15) is 11.3 Å². The summed E-state index contributed by atoms with van der Waals surface area (Å²) in [6.07, 6.45) is 8.54. The minimum Gasteiger partial charge on any atom is -0.340 e. The number of hydrogen-bond donors (Lipinski definition) is 1. The van der Waals surface area contributed by atoms with Crippen LogP contribution < -0.4 is 5.32 Å². The standard InChI is InChI=1S/C11H9N3O/c1-2-6-12-11(15)9-8-14-7-4-3-5-10(14)13-9/h1,3-5,7-8H,6H2,(H,12,15). The molecule has 0 spiro atoms. The van der Waals surface area contributed by atoms with Crippen molar-refractivity contribution in [3.63, 3.8) is 0 Å². The second-order valence-corrected chi connectivity index (χ2v) is 2.98. The van der Waals surface area contributed by atoms with Gasteiger partial charge >= 0.3 is 0 Å². The molecule has 0 radical (unpaired) electrons. The SMILES string of the molecule is C#CCNC(=O)c1cn2ccccc2n1. The number of hydrogen-bond acceptors (Lipinski definition) is 2. The van der Waals surface area contributed by atoms with Gasteiger partial charge < -0.3 is 9.72 Å². The molecule has 2 heterocycles. The van der Waals surface area contributed by atoms with Crippen molar-refractivity contribution in [2.45, 2.75) is 0 Å². The quantitative estimate of drug-likeness (QED) is 0.723. The van der Waals surface area contributed by atoms with Crippen molar-refractivity contribution in [2.75, 3.05) is 6.54 Å². The lowest BCUT2D eigenvalue weighted by atomic mass is 10.4. The van der Waals surface area contributed by atoms with Gasteiger partial charge in [-0.05, 0) is 12.1 Å². The lowest BCUT2D eigenvalue weighted by Gasteiger charge is -1.94. The molecule has 0 saturated heterocycles. The van der Waals surface area contributed by atoms with Crippen LogP contribution in [0.4, 0.5) is 0 Å². The molecule has 0 aliphatic rings. The Bertz CT molecular complexity index is 503. The average Bonchev–Trinajstić information content (AvgIpc) is 2.69. The Kier molecular flexibility index (Phi) is 2.38. The van der Waals surface area contributed by atoms with E-state index in [0.717, 1.165) is 5.65 Å². The fourth-order valence-electron chi connectivity index (χ4n) is 1.27. The molecule has 1 amide bonds. The predicted octanol–water partition coefficient (Wildman–Crippen LogP) is 0.697. The smallest absolute Gasteiger partial charge is 0.272 e. The first kappa shape index (κ1) is 9.28. The van der Waals surface area contributed by atoms with Gasteiger partial charge in [0, 0.05) is 12.4 Å². The summed E-state index contributed by atoms with van der Waals surface area (Å²) < 4.78 is 1.78. The molecule has 0 aromatic carbocycles. The van der Waals surface area contributed by atoms with Crippen LogP contribution in [0.25, 0.3) is 5.65 Å². The zero-order valence-electron chi connectivity index (χ0n) is 7.97. The number of nitrogens with zero attached hydrogens (tertiary/aromatic N) is 2. The van der Waals surface area contributed by atoms with E-state index in [4.69, 9.17) is 6.42 Å². The van der Waals surface area contributed by atoms with Crippen molar-refractivity contribution in [3.05, 3.63) is 36.3 Å². The molecule has 0 unspecified atom stereocenters. The molecule has 0 saturated carbocycles. The lowest BCUT2D eigenvalue weighted by Crippen LogP contribution is -2.23. The molecule has 2 aromatic rings. The van der Waals surface area contributed by atoms with Crippen LogP contribution in [-0.2, 0) is 0 Å². The van der Waals surface area contributed by atoms with Crippen molar-refractivity contribution >= 4 is 11.6 Å². The fourth-order valence-corrected chi connectivity index (χ4v) is 1.27. The van der Waals surface area contributed by atoms with Crippen LogP contribution in [0.2, 0.25) is 0 Å². The minimum atomic E-state index is -0.253. The molecule has 0 bridgehead atoms. The summed E-state index contributed by atoms with van der Waals surface area (Å²) in [6, 6.07) is 5.57. The third-order valence-electron chi connectivity index (χ3n) is 1.95. The fraction of sp³-hybridized carbons (Fsp3) is 0.0909. The van der Waals surface area contributed by atoms with Gasteiger partial charge in [-0.3, -0.25) is 4.79 Å². The Morgan fingerprint density at radius 1 is 1.60 bits per heavy atom. The summed E-state index contributed by atoms with van der Waals surface area (Å²) in [5.74, 6) is 2.08. The van der Waals surface area contributed by atoms with E-state index >= 15 is 0 Å². The number of carbonyl (C=O) groups excluding carboxylic acids is 1. The van der Waals surface area contributed by atoms with Gasteiger partial charge in [0.2, 0.25) is 0 Å². The van der Waals surface area contributed by atoms with E-state index in [-0.39, 0.29) is 12.5 Å². The molecule has 4 heteroatoms. The summed E-state index contributed by atoms with van der Waals surface area (Å²) in [7, 11) is 0. The summed E-state index contributed by atoms with van der Waals surface area (Å²) >= 11 is 0. The van der Waals surface area contributed by atoms with Crippen LogP contribution in [0, 0.1) is 12.3 Å². The van der Waals surface area contributed by atoms with Gasteiger partial charge in [-0.25, -0.2) is 4.98 Å². The van der Waals surface area contributed by atoms with Gasteiger partial charge in [0.25, 0.3) is 5.91 Å². The van der Waals surface area contributed by atoms with Gasteiger partial charge in [0.15, 0.2) is 0 Å². The van der Waals surface area contributed by atoms with Crippen LogP contribution in [0.1, 0.15) is 10.5 Å². The average molecular weight is 199 g/mol. The maximum Gasteiger partial charge on any atom is 0.272 e. The number of amides is 1. The van der Waals surface area contributed by atoms with E-state index in [2.05, 4.69) is 16.2 Å². The molecule has 2 rings (SSSR count). The van der Waals surface area contributed by atoms with E-state index in [1.807, 2.05) is 24.4 Å². The molecular formula is C11H9N3O. The molecule has 4 nitrogen and oxygen atoms in total. The third-order valence-corrected chi connectivity index (χ3v) is 1.95. The highest BCUT2D eigenvalue weighted by Gasteiger charge is 2.08. The van der Waals surface area contributed by atoms with Crippen LogP contribution in [0.15, 0.2) is 30.6 Å². The van der Waals surface area contributed by atoms with Crippen LogP contribution in [0.5, 0.6) is 0 Å². The highest BCUT2D eigenvalue weighted by atomic mass is 16.1. The monoisotopic (exact) mass is 199 g/mol. The van der Waals surface area contributed by atoms with Crippen molar-refractivity contribution < 1.29 is 4.79 Å². The minimum absolute atomic E-state index is 0.215. The Balaban J connectivity index is 2.29. The molecule has 0 aliphatic carbocycles. The first-order valence-corrected chi connectivity index (χ1v) is 4.46. The Hall–Kier alpha value is -2.28. The number of aromatic nitrogens is 2. The lowest BCUT2D eigenvalue weighted by molar-refractivity contribution is 0.0954. The first-order valence-electron chi connectivity index (χ1n) is 4.46. The maximum absolute atomic E-state index is 11.5. The number of carbonyl (C=O) groups is 1. The first-order chi connectivity index (χ1) is 7.31. The second kappa shape index (κ2) is 3.84. The van der Waals surface area contributed by atoms with Crippen molar-refractivity contribution in [1.29, 1.82) is 0 Å².